The van der Waals surface area contributed by atoms with Crippen LogP contribution in [0, 0.1) is 0 Å². The number of thiophene rings is 1. The molecule has 0 bridgehead atoms. The molecule has 0 saturated carbocycles. The van der Waals surface area contributed by atoms with Crippen molar-refractivity contribution in [2.75, 3.05) is 0 Å². The van der Waals surface area contributed by atoms with Crippen LogP contribution in [-0.2, 0) is 0 Å². The second-order valence-electron chi connectivity index (χ2n) is 8.07. The van der Waals surface area contributed by atoms with Gasteiger partial charge in [0.1, 0.15) is 0 Å². The van der Waals surface area contributed by atoms with Crippen LogP contribution in [-0.4, -0.2) is 11.6 Å². The molecule has 5 aromatic rings. The third-order valence-corrected chi connectivity index (χ3v) is 7.28. The monoisotopic (exact) mass is 442 g/mol. The van der Waals surface area contributed by atoms with E-state index in [1.165, 1.54) is 15.3 Å². The number of hydrogen-bond donors (Lipinski definition) is 0. The van der Waals surface area contributed by atoms with E-state index in [2.05, 4.69) is 60.7 Å². The van der Waals surface area contributed by atoms with Crippen LogP contribution in [0.4, 0.5) is 0 Å². The average molecular weight is 443 g/mol. The Balaban J connectivity index is 1.32. The molecule has 2 nitrogen and oxygen atoms in total. The Labute approximate surface area is 195 Å². The van der Waals surface area contributed by atoms with Gasteiger partial charge in [-0.1, -0.05) is 84.9 Å². The standard InChI is InChI=1S/C30H18O2S/c31-29-23-8-4-5-9-24(23)30(32)26-18-22(14-15-25(26)29)19-10-12-21(13-11-19)28-17-16-27(33-28)20-6-2-1-3-7-20/h1-18H. The van der Waals surface area contributed by atoms with Gasteiger partial charge in [-0.3, -0.25) is 9.59 Å². The van der Waals surface area contributed by atoms with Crippen LogP contribution in [0.15, 0.2) is 109 Å². The minimum absolute atomic E-state index is 0.0889. The van der Waals surface area contributed by atoms with Crippen molar-refractivity contribution in [1.82, 2.24) is 0 Å². The van der Waals surface area contributed by atoms with E-state index in [9.17, 15) is 9.59 Å². The van der Waals surface area contributed by atoms with Gasteiger partial charge in [-0.25, -0.2) is 0 Å². The molecule has 156 valence electrons. The van der Waals surface area contributed by atoms with E-state index in [1.54, 1.807) is 41.7 Å². The quantitative estimate of drug-likeness (QED) is 0.284. The van der Waals surface area contributed by atoms with E-state index in [4.69, 9.17) is 0 Å². The van der Waals surface area contributed by atoms with Crippen molar-refractivity contribution in [3.8, 4) is 32.0 Å². The molecular weight excluding hydrogens is 424 g/mol. The first-order valence-corrected chi connectivity index (χ1v) is 11.6. The van der Waals surface area contributed by atoms with Gasteiger partial charge in [0.05, 0.1) is 0 Å². The smallest absolute Gasteiger partial charge is 0.194 e. The first-order valence-electron chi connectivity index (χ1n) is 10.8. The number of rotatable bonds is 3. The highest BCUT2D eigenvalue weighted by Gasteiger charge is 2.29. The molecule has 0 N–H and O–H groups in total. The van der Waals surface area contributed by atoms with Gasteiger partial charge < -0.3 is 0 Å². The van der Waals surface area contributed by atoms with Crippen LogP contribution < -0.4 is 0 Å². The average Bonchev–Trinajstić information content (AvgIpc) is 3.38. The SMILES string of the molecule is O=C1c2ccccc2C(=O)c2cc(-c3ccc(-c4ccc(-c5ccccc5)s4)cc3)ccc21. The summed E-state index contributed by atoms with van der Waals surface area (Å²) in [7, 11) is 0. The Morgan fingerprint density at radius 2 is 0.879 bits per heavy atom. The molecule has 1 aliphatic rings. The number of ketones is 2. The van der Waals surface area contributed by atoms with Crippen molar-refractivity contribution in [3.63, 3.8) is 0 Å². The lowest BCUT2D eigenvalue weighted by atomic mass is 9.83. The lowest BCUT2D eigenvalue weighted by molar-refractivity contribution is 0.0979. The summed E-state index contributed by atoms with van der Waals surface area (Å²) in [5.74, 6) is -0.181. The maximum Gasteiger partial charge on any atom is 0.194 e. The minimum Gasteiger partial charge on any atom is -0.289 e. The van der Waals surface area contributed by atoms with Crippen molar-refractivity contribution in [2.24, 2.45) is 0 Å². The molecule has 6 rings (SSSR count). The predicted molar refractivity (Wildman–Crippen MR) is 134 cm³/mol. The summed E-state index contributed by atoms with van der Waals surface area (Å²) < 4.78 is 0. The first-order chi connectivity index (χ1) is 16.2. The maximum atomic E-state index is 13.0. The van der Waals surface area contributed by atoms with E-state index < -0.39 is 0 Å². The van der Waals surface area contributed by atoms with E-state index in [0.717, 1.165) is 16.7 Å². The van der Waals surface area contributed by atoms with Gasteiger partial charge in [-0.15, -0.1) is 11.3 Å². The fraction of sp³-hybridized carbons (Fsp3) is 0. The van der Waals surface area contributed by atoms with Gasteiger partial charge in [-0.05, 0) is 46.5 Å². The molecule has 0 aliphatic heterocycles. The molecule has 0 atom stereocenters. The first kappa shape index (κ1) is 19.6. The molecule has 4 aromatic carbocycles. The highest BCUT2D eigenvalue weighted by molar-refractivity contribution is 7.18. The van der Waals surface area contributed by atoms with E-state index >= 15 is 0 Å². The van der Waals surface area contributed by atoms with Crippen LogP contribution in [0.25, 0.3) is 32.0 Å². The van der Waals surface area contributed by atoms with E-state index in [1.807, 2.05) is 18.2 Å². The highest BCUT2D eigenvalue weighted by atomic mass is 32.1. The Hall–Kier alpha value is -4.08. The van der Waals surface area contributed by atoms with Gasteiger partial charge in [-0.2, -0.15) is 0 Å². The molecule has 3 heteroatoms. The Kier molecular flexibility index (Phi) is 4.63. The number of carbonyl (C=O) groups excluding carboxylic acids is 2. The van der Waals surface area contributed by atoms with Crippen LogP contribution in [0.1, 0.15) is 31.8 Å². The zero-order valence-electron chi connectivity index (χ0n) is 17.6. The predicted octanol–water partition coefficient (Wildman–Crippen LogP) is 7.52. The Morgan fingerprint density at radius 1 is 0.394 bits per heavy atom. The van der Waals surface area contributed by atoms with Crippen molar-refractivity contribution in [2.45, 2.75) is 0 Å². The second-order valence-corrected chi connectivity index (χ2v) is 9.16. The molecule has 0 unspecified atom stereocenters. The normalized spacial score (nSPS) is 12.4. The molecule has 0 amide bonds. The van der Waals surface area contributed by atoms with Crippen LogP contribution in [0.3, 0.4) is 0 Å². The van der Waals surface area contributed by atoms with Crippen molar-refractivity contribution >= 4 is 22.9 Å². The Morgan fingerprint density at radius 3 is 1.55 bits per heavy atom. The molecule has 1 aromatic heterocycles. The zero-order chi connectivity index (χ0) is 22.4. The lowest BCUT2D eigenvalue weighted by Crippen LogP contribution is -2.20. The molecule has 0 radical (unpaired) electrons. The topological polar surface area (TPSA) is 34.1 Å². The fourth-order valence-corrected chi connectivity index (χ4v) is 5.37. The molecular formula is C30H18O2S. The summed E-state index contributed by atoms with van der Waals surface area (Å²) in [6.45, 7) is 0. The van der Waals surface area contributed by atoms with E-state index in [0.29, 0.717) is 22.3 Å². The van der Waals surface area contributed by atoms with Crippen LogP contribution in [0.2, 0.25) is 0 Å². The maximum absolute atomic E-state index is 13.0. The molecule has 0 saturated heterocycles. The summed E-state index contributed by atoms with van der Waals surface area (Å²) in [4.78, 5) is 28.4. The van der Waals surface area contributed by atoms with Gasteiger partial charge in [0, 0.05) is 32.0 Å². The number of carbonyl (C=O) groups is 2. The molecule has 33 heavy (non-hydrogen) atoms. The Bertz CT molecular complexity index is 1530. The summed E-state index contributed by atoms with van der Waals surface area (Å²) in [6, 6.07) is 35.6. The third kappa shape index (κ3) is 3.34. The van der Waals surface area contributed by atoms with Crippen molar-refractivity contribution in [1.29, 1.82) is 0 Å². The van der Waals surface area contributed by atoms with Gasteiger partial charge in [0.2, 0.25) is 0 Å². The fourth-order valence-electron chi connectivity index (χ4n) is 4.36. The number of fused-ring (bicyclic) bond motifs is 2. The lowest BCUT2D eigenvalue weighted by Gasteiger charge is -2.18. The van der Waals surface area contributed by atoms with Gasteiger partial charge in [0.15, 0.2) is 11.6 Å². The van der Waals surface area contributed by atoms with Crippen LogP contribution >= 0.6 is 11.3 Å². The van der Waals surface area contributed by atoms with Gasteiger partial charge in [0.25, 0.3) is 0 Å². The third-order valence-electron chi connectivity index (χ3n) is 6.09. The number of hydrogen-bond acceptors (Lipinski definition) is 3. The molecule has 0 fully saturated rings. The summed E-state index contributed by atoms with van der Waals surface area (Å²) >= 11 is 1.77. The van der Waals surface area contributed by atoms with Crippen molar-refractivity contribution < 1.29 is 9.59 Å². The van der Waals surface area contributed by atoms with Gasteiger partial charge >= 0.3 is 0 Å². The summed E-state index contributed by atoms with van der Waals surface area (Å²) in [5, 5.41) is 0. The zero-order valence-corrected chi connectivity index (χ0v) is 18.4. The summed E-state index contributed by atoms with van der Waals surface area (Å²) in [6.07, 6.45) is 0. The molecule has 1 aliphatic carbocycles. The van der Waals surface area contributed by atoms with E-state index in [-0.39, 0.29) is 11.6 Å². The molecule has 1 heterocycles. The minimum atomic E-state index is -0.0919. The number of benzene rings is 4. The molecule has 0 spiro atoms. The van der Waals surface area contributed by atoms with Crippen LogP contribution in [0.5, 0.6) is 0 Å². The summed E-state index contributed by atoms with van der Waals surface area (Å²) in [5.41, 5.74) is 6.24. The highest BCUT2D eigenvalue weighted by Crippen LogP contribution is 2.36. The van der Waals surface area contributed by atoms with Crippen molar-refractivity contribution in [3.05, 3.63) is 131 Å². The second kappa shape index (κ2) is 7.80. The largest absolute Gasteiger partial charge is 0.289 e.